The van der Waals surface area contributed by atoms with Gasteiger partial charge in [0.05, 0.1) is 22.5 Å². The smallest absolute Gasteiger partial charge is 0.246 e. The van der Waals surface area contributed by atoms with Crippen LogP contribution in [0.4, 0.5) is 20.5 Å². The van der Waals surface area contributed by atoms with Crippen LogP contribution in [-0.2, 0) is 4.79 Å². The lowest BCUT2D eigenvalue weighted by Gasteiger charge is -2.47. The Hall–Kier alpha value is -3.85. The Morgan fingerprint density at radius 3 is 2.76 bits per heavy atom. The van der Waals surface area contributed by atoms with Crippen LogP contribution < -0.4 is 9.80 Å². The molecule has 0 N–H and O–H groups in total. The summed E-state index contributed by atoms with van der Waals surface area (Å²) in [6, 6.07) is 8.23. The van der Waals surface area contributed by atoms with Gasteiger partial charge in [-0.25, -0.2) is 13.8 Å². The fourth-order valence-electron chi connectivity index (χ4n) is 5.40. The minimum atomic E-state index is -0.635. The number of nitrogens with zero attached hydrogens (tertiary/aromatic N) is 6. The second kappa shape index (κ2) is 8.62. The van der Waals surface area contributed by atoms with E-state index in [1.807, 2.05) is 4.90 Å². The van der Waals surface area contributed by atoms with E-state index < -0.39 is 11.6 Å². The number of hydrogen-bond acceptors (Lipinski definition) is 6. The summed E-state index contributed by atoms with van der Waals surface area (Å²) in [5, 5.41) is 1.45. The highest BCUT2D eigenvalue weighted by atomic mass is 35.5. The van der Waals surface area contributed by atoms with Crippen molar-refractivity contribution in [3.63, 3.8) is 0 Å². The van der Waals surface area contributed by atoms with E-state index in [4.69, 9.17) is 16.6 Å². The number of rotatable bonds is 4. The van der Waals surface area contributed by atoms with Crippen LogP contribution >= 0.6 is 11.6 Å². The zero-order valence-corrected chi connectivity index (χ0v) is 21.0. The largest absolute Gasteiger partial charge is 0.349 e. The Balaban J connectivity index is 1.51. The molecule has 4 aromatic rings. The molecule has 0 bridgehead atoms. The van der Waals surface area contributed by atoms with Crippen LogP contribution in [0.25, 0.3) is 32.9 Å². The fourth-order valence-corrected chi connectivity index (χ4v) is 5.67. The summed E-state index contributed by atoms with van der Waals surface area (Å²) in [5.41, 5.74) is 0.528. The number of anilines is 2. The van der Waals surface area contributed by atoms with Crippen LogP contribution in [0.15, 0.2) is 49.2 Å². The van der Waals surface area contributed by atoms with E-state index in [-0.39, 0.29) is 34.2 Å². The van der Waals surface area contributed by atoms with Gasteiger partial charge in [-0.15, -0.1) is 0 Å². The maximum Gasteiger partial charge on any atom is 0.246 e. The van der Waals surface area contributed by atoms with Gasteiger partial charge in [0.2, 0.25) is 11.9 Å². The number of carbonyl (C=O) groups excluding carboxylic acids is 1. The van der Waals surface area contributed by atoms with Crippen molar-refractivity contribution in [2.75, 3.05) is 37.0 Å². The van der Waals surface area contributed by atoms with Crippen LogP contribution in [0.3, 0.4) is 0 Å². The molecule has 0 radical (unpaired) electrons. The topological polar surface area (TPSA) is 65.5 Å². The van der Waals surface area contributed by atoms with E-state index in [1.54, 1.807) is 49.5 Å². The minimum absolute atomic E-state index is 0.0325. The van der Waals surface area contributed by atoms with E-state index in [2.05, 4.69) is 21.4 Å². The first-order chi connectivity index (χ1) is 17.8. The lowest BCUT2D eigenvalue weighted by molar-refractivity contribution is -0.127. The van der Waals surface area contributed by atoms with Gasteiger partial charge in [-0.05, 0) is 23.9 Å². The van der Waals surface area contributed by atoms with Gasteiger partial charge in [0.15, 0.2) is 5.82 Å². The van der Waals surface area contributed by atoms with E-state index >= 15 is 4.39 Å². The molecule has 2 aliphatic heterocycles. The fraction of sp³-hybridized carbons (Fsp3) is 0.259. The average molecular weight is 521 g/mol. The summed E-state index contributed by atoms with van der Waals surface area (Å²) < 4.78 is 30.5. The molecule has 37 heavy (non-hydrogen) atoms. The van der Waals surface area contributed by atoms with Gasteiger partial charge in [0, 0.05) is 44.3 Å². The Morgan fingerprint density at radius 2 is 2.00 bits per heavy atom. The predicted molar refractivity (Wildman–Crippen MR) is 141 cm³/mol. The third-order valence-corrected chi connectivity index (χ3v) is 7.64. The van der Waals surface area contributed by atoms with Gasteiger partial charge in [0.25, 0.3) is 0 Å². The highest BCUT2D eigenvalue weighted by molar-refractivity contribution is 6.36. The van der Waals surface area contributed by atoms with Crippen LogP contribution in [-0.4, -0.2) is 65.0 Å². The molecule has 2 aromatic carbocycles. The van der Waals surface area contributed by atoms with Crippen LogP contribution in [0.2, 0.25) is 5.02 Å². The molecule has 2 aliphatic rings. The van der Waals surface area contributed by atoms with Crippen molar-refractivity contribution in [1.82, 2.24) is 19.9 Å². The van der Waals surface area contributed by atoms with Gasteiger partial charge in [-0.2, -0.15) is 4.98 Å². The summed E-state index contributed by atoms with van der Waals surface area (Å²) in [4.78, 5) is 31.6. The molecule has 0 saturated carbocycles. The summed E-state index contributed by atoms with van der Waals surface area (Å²) in [7, 11) is 3.58. The third-order valence-electron chi connectivity index (χ3n) is 7.27. The monoisotopic (exact) mass is 520 g/mol. The van der Waals surface area contributed by atoms with E-state index in [9.17, 15) is 9.18 Å². The Bertz CT molecular complexity index is 1610. The number of aromatic nitrogens is 3. The standard InChI is InChI=1S/C27H23ClF2N6O/c1-4-20(37)35-11-10-18-19(35)13-36(18)26-16-12-31-24(23(30)25(16)32-27(33-26)34(2)3)15-7-5-6-14-8-9-17(29)22(28)21(14)15/h4-9,12,18-19H,1,10-11,13H2,2-3H3/t18-,19-/m1/s1. The summed E-state index contributed by atoms with van der Waals surface area (Å²) in [5.74, 6) is -0.390. The van der Waals surface area contributed by atoms with Gasteiger partial charge in [-0.3, -0.25) is 9.78 Å². The molecule has 10 heteroatoms. The first kappa shape index (κ1) is 23.5. The van der Waals surface area contributed by atoms with Crippen molar-refractivity contribution in [3.05, 3.63) is 65.8 Å². The molecule has 0 aliphatic carbocycles. The summed E-state index contributed by atoms with van der Waals surface area (Å²) in [6.45, 7) is 4.81. The first-order valence-corrected chi connectivity index (χ1v) is 12.3. The number of fused-ring (bicyclic) bond motifs is 3. The van der Waals surface area contributed by atoms with Gasteiger partial charge >= 0.3 is 0 Å². The zero-order valence-electron chi connectivity index (χ0n) is 20.3. The first-order valence-electron chi connectivity index (χ1n) is 11.9. The number of halogens is 3. The molecule has 2 saturated heterocycles. The van der Waals surface area contributed by atoms with Crippen LogP contribution in [0.5, 0.6) is 0 Å². The average Bonchev–Trinajstić information content (AvgIpc) is 3.21. The molecular weight excluding hydrogens is 498 g/mol. The molecule has 2 aromatic heterocycles. The Kier molecular flexibility index (Phi) is 5.49. The van der Waals surface area contributed by atoms with Crippen LogP contribution in [0.1, 0.15) is 6.42 Å². The molecular formula is C27H23ClF2N6O. The van der Waals surface area contributed by atoms with Crippen molar-refractivity contribution < 1.29 is 13.6 Å². The number of likely N-dealkylation sites (tertiary alicyclic amines) is 1. The maximum absolute atomic E-state index is 16.2. The third kappa shape index (κ3) is 3.52. The molecule has 1 amide bonds. The van der Waals surface area contributed by atoms with E-state index in [0.717, 1.165) is 6.42 Å². The molecule has 0 unspecified atom stereocenters. The van der Waals surface area contributed by atoms with Crippen molar-refractivity contribution in [2.24, 2.45) is 0 Å². The molecule has 188 valence electrons. The summed E-state index contributed by atoms with van der Waals surface area (Å²) >= 11 is 6.31. The molecule has 4 heterocycles. The van der Waals surface area contributed by atoms with Crippen molar-refractivity contribution in [2.45, 2.75) is 18.5 Å². The van der Waals surface area contributed by atoms with E-state index in [0.29, 0.717) is 46.6 Å². The lowest BCUT2D eigenvalue weighted by Crippen LogP contribution is -2.63. The van der Waals surface area contributed by atoms with Crippen molar-refractivity contribution in [3.8, 4) is 11.3 Å². The second-order valence-electron chi connectivity index (χ2n) is 9.50. The van der Waals surface area contributed by atoms with E-state index in [1.165, 1.54) is 12.1 Å². The Morgan fingerprint density at radius 1 is 1.19 bits per heavy atom. The SMILES string of the molecule is C=CC(=O)N1CC[C@@H]2[C@H]1CN2c1nc(N(C)C)nc2c(F)c(-c3cccc4ccc(F)c(Cl)c34)ncc12. The van der Waals surface area contributed by atoms with Gasteiger partial charge < -0.3 is 14.7 Å². The quantitative estimate of drug-likeness (QED) is 0.360. The van der Waals surface area contributed by atoms with Crippen molar-refractivity contribution in [1.29, 1.82) is 0 Å². The molecule has 7 nitrogen and oxygen atoms in total. The zero-order chi connectivity index (χ0) is 26.0. The number of carbonyl (C=O) groups is 1. The highest BCUT2D eigenvalue weighted by Crippen LogP contribution is 2.41. The molecule has 6 rings (SSSR count). The number of benzene rings is 2. The molecule has 2 atom stereocenters. The normalized spacial score (nSPS) is 18.7. The molecule has 0 spiro atoms. The minimum Gasteiger partial charge on any atom is -0.349 e. The van der Waals surface area contributed by atoms with Crippen molar-refractivity contribution >= 4 is 50.9 Å². The van der Waals surface area contributed by atoms with Gasteiger partial charge in [-0.1, -0.05) is 42.4 Å². The Labute approximate surface area is 217 Å². The number of amides is 1. The summed E-state index contributed by atoms with van der Waals surface area (Å²) in [6.07, 6.45) is 3.67. The second-order valence-corrected chi connectivity index (χ2v) is 9.88. The lowest BCUT2D eigenvalue weighted by atomic mass is 9.96. The van der Waals surface area contributed by atoms with Gasteiger partial charge in [0.1, 0.15) is 22.8 Å². The number of hydrogen-bond donors (Lipinski definition) is 0. The molecule has 2 fully saturated rings. The highest BCUT2D eigenvalue weighted by Gasteiger charge is 2.49. The number of pyridine rings is 1. The predicted octanol–water partition coefficient (Wildman–Crippen LogP) is 4.82. The maximum atomic E-state index is 16.2. The van der Waals surface area contributed by atoms with Crippen LogP contribution in [0, 0.1) is 11.6 Å².